The molecule has 1 atom stereocenters. The monoisotopic (exact) mass is 435 g/mol. The van der Waals surface area contributed by atoms with Gasteiger partial charge in [-0.15, -0.1) is 0 Å². The summed E-state index contributed by atoms with van der Waals surface area (Å²) in [4.78, 5) is 24.3. The van der Waals surface area contributed by atoms with E-state index in [2.05, 4.69) is 4.98 Å². The first kappa shape index (κ1) is 19.9. The SMILES string of the molecule is O=C(O)C1CN(c2cc(-n3ccnc3)c3ccc(Cl)c(Cl)c3n2)CCN1CCO. The maximum Gasteiger partial charge on any atom is 0.322 e. The van der Waals surface area contributed by atoms with Crippen molar-refractivity contribution < 1.29 is 15.0 Å². The normalized spacial score (nSPS) is 17.8. The Morgan fingerprint density at radius 1 is 1.28 bits per heavy atom. The molecule has 0 amide bonds. The minimum atomic E-state index is -0.931. The Kier molecular flexibility index (Phi) is 5.60. The molecule has 10 heteroatoms. The predicted octanol–water partition coefficient (Wildman–Crippen LogP) is 2.29. The van der Waals surface area contributed by atoms with Gasteiger partial charge in [-0.1, -0.05) is 23.2 Å². The van der Waals surface area contributed by atoms with Crippen LogP contribution in [0.3, 0.4) is 0 Å². The Hall–Kier alpha value is -2.39. The fraction of sp³-hybridized carbons (Fsp3) is 0.316. The Labute approximate surface area is 176 Å². The molecule has 1 aromatic carbocycles. The van der Waals surface area contributed by atoms with Crippen molar-refractivity contribution in [3.8, 4) is 5.69 Å². The molecule has 0 bridgehead atoms. The van der Waals surface area contributed by atoms with E-state index in [9.17, 15) is 15.0 Å². The molecule has 0 spiro atoms. The number of aliphatic hydroxyl groups is 1. The molecule has 8 nitrogen and oxygen atoms in total. The number of hydrogen-bond donors (Lipinski definition) is 2. The maximum absolute atomic E-state index is 11.8. The molecule has 1 aliphatic heterocycles. The number of pyridine rings is 1. The van der Waals surface area contributed by atoms with Crippen LogP contribution in [0, 0.1) is 0 Å². The number of β-amino-alcohol motifs (C(OH)–C–C–N with tert-alkyl or cyclic N) is 1. The van der Waals surface area contributed by atoms with Crippen molar-refractivity contribution in [2.24, 2.45) is 0 Å². The second-order valence-electron chi connectivity index (χ2n) is 6.79. The summed E-state index contributed by atoms with van der Waals surface area (Å²) < 4.78 is 1.86. The highest BCUT2D eigenvalue weighted by Gasteiger charge is 2.33. The van der Waals surface area contributed by atoms with E-state index in [1.807, 2.05) is 27.8 Å². The van der Waals surface area contributed by atoms with Crippen LogP contribution in [0.1, 0.15) is 0 Å². The highest BCUT2D eigenvalue weighted by molar-refractivity contribution is 6.45. The lowest BCUT2D eigenvalue weighted by atomic mass is 10.1. The number of aromatic nitrogens is 3. The van der Waals surface area contributed by atoms with Crippen LogP contribution in [0.25, 0.3) is 16.6 Å². The number of halogens is 2. The van der Waals surface area contributed by atoms with Gasteiger partial charge in [-0.2, -0.15) is 0 Å². The van der Waals surface area contributed by atoms with E-state index in [-0.39, 0.29) is 13.2 Å². The van der Waals surface area contributed by atoms with E-state index in [1.54, 1.807) is 23.5 Å². The number of aliphatic hydroxyl groups excluding tert-OH is 1. The third-order valence-corrected chi connectivity index (χ3v) is 5.90. The molecular formula is C19H19Cl2N5O3. The third-order valence-electron chi connectivity index (χ3n) is 5.11. The average molecular weight is 436 g/mol. The zero-order valence-corrected chi connectivity index (χ0v) is 16.9. The van der Waals surface area contributed by atoms with Gasteiger partial charge >= 0.3 is 5.97 Å². The Balaban J connectivity index is 1.80. The lowest BCUT2D eigenvalue weighted by Crippen LogP contribution is -2.57. The van der Waals surface area contributed by atoms with Crippen molar-refractivity contribution >= 4 is 45.9 Å². The van der Waals surface area contributed by atoms with Crippen LogP contribution in [0.15, 0.2) is 36.9 Å². The fourth-order valence-corrected chi connectivity index (χ4v) is 4.00. The molecule has 1 saturated heterocycles. The number of piperazine rings is 1. The van der Waals surface area contributed by atoms with Gasteiger partial charge in [-0.05, 0) is 12.1 Å². The van der Waals surface area contributed by atoms with Gasteiger partial charge in [0.1, 0.15) is 11.9 Å². The molecule has 0 aliphatic carbocycles. The zero-order valence-electron chi connectivity index (χ0n) is 15.4. The summed E-state index contributed by atoms with van der Waals surface area (Å²) >= 11 is 12.7. The summed E-state index contributed by atoms with van der Waals surface area (Å²) in [6.45, 7) is 1.55. The third kappa shape index (κ3) is 3.76. The standard InChI is InChI=1S/C19H19Cl2N5O3/c20-13-2-1-12-14(26-4-3-22-11-26)9-16(23-18(12)17(13)21)25-6-5-24(7-8-27)15(10-25)19(28)29/h1-4,9,11,15,27H,5-8,10H2,(H,28,29). The van der Waals surface area contributed by atoms with Crippen molar-refractivity contribution in [3.63, 3.8) is 0 Å². The van der Waals surface area contributed by atoms with Gasteiger partial charge in [0.25, 0.3) is 0 Å². The van der Waals surface area contributed by atoms with Crippen LogP contribution >= 0.6 is 23.2 Å². The van der Waals surface area contributed by atoms with Gasteiger partial charge in [-0.3, -0.25) is 9.69 Å². The fourth-order valence-electron chi connectivity index (χ4n) is 3.64. The number of fused-ring (bicyclic) bond motifs is 1. The first-order valence-corrected chi connectivity index (χ1v) is 9.85. The van der Waals surface area contributed by atoms with E-state index >= 15 is 0 Å². The van der Waals surface area contributed by atoms with Gasteiger partial charge in [-0.25, -0.2) is 9.97 Å². The number of anilines is 1. The molecular weight excluding hydrogens is 417 g/mol. The lowest BCUT2D eigenvalue weighted by molar-refractivity contribution is -0.143. The van der Waals surface area contributed by atoms with Crippen LogP contribution in [0.4, 0.5) is 5.82 Å². The summed E-state index contributed by atoms with van der Waals surface area (Å²) in [5, 5.41) is 20.4. The number of hydrogen-bond acceptors (Lipinski definition) is 6. The lowest BCUT2D eigenvalue weighted by Gasteiger charge is -2.39. The van der Waals surface area contributed by atoms with Crippen molar-refractivity contribution in [3.05, 3.63) is 47.0 Å². The van der Waals surface area contributed by atoms with Gasteiger partial charge in [0.05, 0.1) is 34.2 Å². The van der Waals surface area contributed by atoms with E-state index in [1.165, 1.54) is 0 Å². The van der Waals surface area contributed by atoms with Gasteiger partial charge in [0.15, 0.2) is 0 Å². The number of carboxylic acid groups (broad SMARTS) is 1. The van der Waals surface area contributed by atoms with Crippen molar-refractivity contribution in [2.75, 3.05) is 37.7 Å². The first-order valence-electron chi connectivity index (χ1n) is 9.09. The van der Waals surface area contributed by atoms with Crippen LogP contribution in [-0.4, -0.2) is 74.4 Å². The van der Waals surface area contributed by atoms with Crippen LogP contribution in [-0.2, 0) is 4.79 Å². The summed E-state index contributed by atoms with van der Waals surface area (Å²) in [5.41, 5.74) is 1.37. The van der Waals surface area contributed by atoms with Crippen molar-refractivity contribution in [2.45, 2.75) is 6.04 Å². The molecule has 29 heavy (non-hydrogen) atoms. The molecule has 152 valence electrons. The average Bonchev–Trinajstić information content (AvgIpc) is 3.25. The largest absolute Gasteiger partial charge is 0.480 e. The molecule has 4 rings (SSSR count). The quantitative estimate of drug-likeness (QED) is 0.634. The number of carboxylic acids is 1. The number of nitrogens with zero attached hydrogens (tertiary/aromatic N) is 5. The summed E-state index contributed by atoms with van der Waals surface area (Å²) in [6, 6.07) is 4.74. The van der Waals surface area contributed by atoms with Crippen LogP contribution < -0.4 is 4.90 Å². The van der Waals surface area contributed by atoms with Crippen LogP contribution in [0.2, 0.25) is 10.0 Å². The zero-order chi connectivity index (χ0) is 20.5. The molecule has 0 saturated carbocycles. The smallest absolute Gasteiger partial charge is 0.322 e. The molecule has 1 fully saturated rings. The maximum atomic E-state index is 11.8. The minimum Gasteiger partial charge on any atom is -0.480 e. The van der Waals surface area contributed by atoms with Crippen LogP contribution in [0.5, 0.6) is 0 Å². The number of carbonyl (C=O) groups is 1. The molecule has 1 unspecified atom stereocenters. The first-order chi connectivity index (χ1) is 14.0. The highest BCUT2D eigenvalue weighted by atomic mass is 35.5. The predicted molar refractivity (Wildman–Crippen MR) is 111 cm³/mol. The summed E-state index contributed by atoms with van der Waals surface area (Å²) in [6.07, 6.45) is 5.18. The number of imidazole rings is 1. The number of aliphatic carboxylic acids is 1. The van der Waals surface area contributed by atoms with E-state index in [4.69, 9.17) is 28.2 Å². The summed E-state index contributed by atoms with van der Waals surface area (Å²) in [5.74, 6) is -0.319. The molecule has 2 aromatic heterocycles. The van der Waals surface area contributed by atoms with Gasteiger partial charge < -0.3 is 19.7 Å². The molecule has 2 N–H and O–H groups in total. The van der Waals surface area contributed by atoms with E-state index in [0.717, 1.165) is 11.1 Å². The molecule has 0 radical (unpaired) electrons. The Morgan fingerprint density at radius 3 is 2.79 bits per heavy atom. The Bertz CT molecular complexity index is 1040. The topological polar surface area (TPSA) is 94.7 Å². The second-order valence-corrected chi connectivity index (χ2v) is 7.57. The molecule has 3 aromatic rings. The number of rotatable bonds is 5. The minimum absolute atomic E-state index is 0.0864. The van der Waals surface area contributed by atoms with Crippen molar-refractivity contribution in [1.82, 2.24) is 19.4 Å². The van der Waals surface area contributed by atoms with Gasteiger partial charge in [0.2, 0.25) is 0 Å². The summed E-state index contributed by atoms with van der Waals surface area (Å²) in [7, 11) is 0. The Morgan fingerprint density at radius 2 is 2.10 bits per heavy atom. The number of benzene rings is 1. The molecule has 1 aliphatic rings. The second kappa shape index (κ2) is 8.16. The van der Waals surface area contributed by atoms with E-state index in [0.29, 0.717) is 41.0 Å². The molecule has 3 heterocycles. The highest BCUT2D eigenvalue weighted by Crippen LogP contribution is 2.35. The van der Waals surface area contributed by atoms with Crippen molar-refractivity contribution in [1.29, 1.82) is 0 Å². The van der Waals surface area contributed by atoms with E-state index < -0.39 is 12.0 Å². The van der Waals surface area contributed by atoms with Gasteiger partial charge in [0, 0.05) is 50.0 Å².